The Morgan fingerprint density at radius 1 is 1.09 bits per heavy atom. The first-order valence-corrected chi connectivity index (χ1v) is 11.8. The first kappa shape index (κ1) is 23.4. The molecule has 8 heteroatoms. The summed E-state index contributed by atoms with van der Waals surface area (Å²) in [6.45, 7) is 6.71. The maximum Gasteiger partial charge on any atom is 0.276 e. The van der Waals surface area contributed by atoms with E-state index in [0.717, 1.165) is 49.0 Å². The van der Waals surface area contributed by atoms with Gasteiger partial charge in [-0.1, -0.05) is 22.9 Å². The molecule has 2 aromatic rings. The summed E-state index contributed by atoms with van der Waals surface area (Å²) in [6, 6.07) is 7.76. The molecule has 33 heavy (non-hydrogen) atoms. The van der Waals surface area contributed by atoms with Gasteiger partial charge in [-0.05, 0) is 51.2 Å². The molecule has 2 aliphatic heterocycles. The van der Waals surface area contributed by atoms with Gasteiger partial charge in [-0.2, -0.15) is 0 Å². The van der Waals surface area contributed by atoms with Crippen molar-refractivity contribution in [2.45, 2.75) is 58.2 Å². The van der Waals surface area contributed by atoms with Crippen molar-refractivity contribution in [1.29, 1.82) is 0 Å². The van der Waals surface area contributed by atoms with E-state index in [0.29, 0.717) is 32.0 Å². The Bertz CT molecular complexity index is 961. The highest BCUT2D eigenvalue weighted by atomic mass is 16.5. The number of nitrogens with one attached hydrogen (secondary N) is 1. The lowest BCUT2D eigenvalue weighted by Crippen LogP contribution is -2.40. The number of benzene rings is 1. The van der Waals surface area contributed by atoms with Crippen molar-refractivity contribution in [3.8, 4) is 11.3 Å². The second-order valence-corrected chi connectivity index (χ2v) is 8.97. The number of ether oxygens (including phenoxy) is 2. The van der Waals surface area contributed by atoms with E-state index in [9.17, 15) is 9.59 Å². The van der Waals surface area contributed by atoms with Gasteiger partial charge in [0.15, 0.2) is 11.5 Å². The van der Waals surface area contributed by atoms with E-state index in [1.807, 2.05) is 32.0 Å². The highest BCUT2D eigenvalue weighted by molar-refractivity contribution is 5.93. The molecule has 2 aliphatic rings. The third-order valence-corrected chi connectivity index (χ3v) is 6.28. The molecule has 0 radical (unpaired) electrons. The predicted molar refractivity (Wildman–Crippen MR) is 123 cm³/mol. The number of aryl methyl sites for hydroxylation is 2. The number of carbonyl (C=O) groups excluding carboxylic acids is 2. The van der Waals surface area contributed by atoms with Crippen molar-refractivity contribution >= 4 is 11.8 Å². The van der Waals surface area contributed by atoms with Crippen LogP contribution in [-0.2, 0) is 14.3 Å². The van der Waals surface area contributed by atoms with Gasteiger partial charge in [0.2, 0.25) is 5.91 Å². The summed E-state index contributed by atoms with van der Waals surface area (Å²) in [6.07, 6.45) is 4.18. The molecular formula is C25H33N3O5. The average molecular weight is 456 g/mol. The summed E-state index contributed by atoms with van der Waals surface area (Å²) in [7, 11) is 0. The summed E-state index contributed by atoms with van der Waals surface area (Å²) in [5.41, 5.74) is 3.31. The molecule has 8 nitrogen and oxygen atoms in total. The maximum atomic E-state index is 13.3. The largest absolute Gasteiger partial charge is 0.376 e. The minimum atomic E-state index is -0.252. The molecule has 2 atom stereocenters. The fourth-order valence-electron chi connectivity index (χ4n) is 4.33. The highest BCUT2D eigenvalue weighted by Gasteiger charge is 2.26. The topological polar surface area (TPSA) is 93.9 Å². The van der Waals surface area contributed by atoms with Crippen molar-refractivity contribution in [3.63, 3.8) is 0 Å². The number of hydrogen-bond acceptors (Lipinski definition) is 6. The van der Waals surface area contributed by atoms with Gasteiger partial charge in [0.1, 0.15) is 0 Å². The van der Waals surface area contributed by atoms with Crippen LogP contribution in [0.1, 0.15) is 53.7 Å². The van der Waals surface area contributed by atoms with Crippen LogP contribution in [0.3, 0.4) is 0 Å². The fraction of sp³-hybridized carbons (Fsp3) is 0.560. The Kier molecular flexibility index (Phi) is 7.77. The molecule has 1 aromatic heterocycles. The zero-order valence-electron chi connectivity index (χ0n) is 19.5. The first-order chi connectivity index (χ1) is 16.0. The molecule has 0 spiro atoms. The van der Waals surface area contributed by atoms with E-state index in [4.69, 9.17) is 14.0 Å². The van der Waals surface area contributed by atoms with Crippen molar-refractivity contribution in [2.75, 3.05) is 32.8 Å². The molecule has 1 N–H and O–H groups in total. The van der Waals surface area contributed by atoms with Gasteiger partial charge in [-0.25, -0.2) is 0 Å². The van der Waals surface area contributed by atoms with Crippen LogP contribution in [0.15, 0.2) is 28.8 Å². The molecule has 4 rings (SSSR count). The molecule has 2 amide bonds. The van der Waals surface area contributed by atoms with Gasteiger partial charge in [0.25, 0.3) is 5.91 Å². The van der Waals surface area contributed by atoms with Crippen molar-refractivity contribution in [1.82, 2.24) is 15.4 Å². The van der Waals surface area contributed by atoms with Gasteiger partial charge in [-0.15, -0.1) is 0 Å². The maximum absolute atomic E-state index is 13.3. The lowest BCUT2D eigenvalue weighted by Gasteiger charge is -2.24. The molecule has 178 valence electrons. The van der Waals surface area contributed by atoms with E-state index in [1.165, 1.54) is 0 Å². The number of amides is 2. The quantitative estimate of drug-likeness (QED) is 0.624. The first-order valence-electron chi connectivity index (χ1n) is 11.8. The second kappa shape index (κ2) is 10.9. The Balaban J connectivity index is 1.41. The van der Waals surface area contributed by atoms with Crippen LogP contribution in [-0.4, -0.2) is 66.9 Å². The molecular weight excluding hydrogens is 422 g/mol. The van der Waals surface area contributed by atoms with Crippen LogP contribution < -0.4 is 5.32 Å². The number of nitrogens with zero attached hydrogens (tertiary/aromatic N) is 2. The molecule has 2 saturated heterocycles. The standard InChI is InChI=1S/C25H33N3O5/c1-17-7-8-18(2)21(13-17)23-14-22(27-33-23)25(30)28(16-20-6-4-12-32-20)10-9-24(29)26-15-19-5-3-11-31-19/h7-8,13-14,19-20H,3-6,9-12,15-16H2,1-2H3,(H,26,29)/t19-,20+/m0/s1. The van der Waals surface area contributed by atoms with E-state index < -0.39 is 0 Å². The Morgan fingerprint density at radius 2 is 1.85 bits per heavy atom. The molecule has 3 heterocycles. The summed E-state index contributed by atoms with van der Waals surface area (Å²) in [5.74, 6) is 0.218. The van der Waals surface area contributed by atoms with Gasteiger partial charge < -0.3 is 24.2 Å². The minimum Gasteiger partial charge on any atom is -0.376 e. The average Bonchev–Trinajstić information content (AvgIpc) is 3.59. The lowest BCUT2D eigenvalue weighted by atomic mass is 10.0. The van der Waals surface area contributed by atoms with Crippen molar-refractivity contribution in [3.05, 3.63) is 41.1 Å². The minimum absolute atomic E-state index is 0.0192. The monoisotopic (exact) mass is 455 g/mol. The van der Waals surface area contributed by atoms with E-state index >= 15 is 0 Å². The molecule has 0 aliphatic carbocycles. The zero-order chi connectivity index (χ0) is 23.2. The molecule has 0 saturated carbocycles. The van der Waals surface area contributed by atoms with E-state index in [2.05, 4.69) is 10.5 Å². The number of carbonyl (C=O) groups is 2. The van der Waals surface area contributed by atoms with Crippen LogP contribution in [0.25, 0.3) is 11.3 Å². The van der Waals surface area contributed by atoms with E-state index in [-0.39, 0.29) is 36.1 Å². The van der Waals surface area contributed by atoms with Gasteiger partial charge in [0.05, 0.1) is 12.2 Å². The second-order valence-electron chi connectivity index (χ2n) is 8.97. The number of hydrogen-bond donors (Lipinski definition) is 1. The Labute approximate surface area is 194 Å². The van der Waals surface area contributed by atoms with Crippen LogP contribution in [0, 0.1) is 13.8 Å². The SMILES string of the molecule is Cc1ccc(C)c(-c2cc(C(=O)N(CCC(=O)NC[C@@H]3CCCO3)C[C@H]3CCCO3)no2)c1. The van der Waals surface area contributed by atoms with E-state index in [1.54, 1.807) is 11.0 Å². The van der Waals surface area contributed by atoms with Crippen LogP contribution in [0.4, 0.5) is 0 Å². The van der Waals surface area contributed by atoms with Crippen LogP contribution >= 0.6 is 0 Å². The molecule has 0 bridgehead atoms. The Morgan fingerprint density at radius 3 is 2.58 bits per heavy atom. The smallest absolute Gasteiger partial charge is 0.276 e. The normalized spacial score (nSPS) is 20.2. The predicted octanol–water partition coefficient (Wildman–Crippen LogP) is 3.26. The van der Waals surface area contributed by atoms with Crippen molar-refractivity contribution in [2.24, 2.45) is 0 Å². The highest BCUT2D eigenvalue weighted by Crippen LogP contribution is 2.26. The lowest BCUT2D eigenvalue weighted by molar-refractivity contribution is -0.121. The number of rotatable bonds is 9. The molecule has 2 fully saturated rings. The van der Waals surface area contributed by atoms with Gasteiger partial charge in [-0.3, -0.25) is 9.59 Å². The fourth-order valence-corrected chi connectivity index (χ4v) is 4.33. The van der Waals surface area contributed by atoms with Crippen LogP contribution in [0.5, 0.6) is 0 Å². The van der Waals surface area contributed by atoms with Crippen LogP contribution in [0.2, 0.25) is 0 Å². The summed E-state index contributed by atoms with van der Waals surface area (Å²) >= 11 is 0. The van der Waals surface area contributed by atoms with Gasteiger partial charge >= 0.3 is 0 Å². The van der Waals surface area contributed by atoms with Gasteiger partial charge in [0, 0.05) is 50.9 Å². The third kappa shape index (κ3) is 6.21. The summed E-state index contributed by atoms with van der Waals surface area (Å²) in [5, 5.41) is 6.97. The molecule has 1 aromatic carbocycles. The zero-order valence-corrected chi connectivity index (χ0v) is 19.5. The summed E-state index contributed by atoms with van der Waals surface area (Å²) < 4.78 is 16.8. The molecule has 0 unspecified atom stereocenters. The summed E-state index contributed by atoms with van der Waals surface area (Å²) in [4.78, 5) is 27.4. The Hall–Kier alpha value is -2.71. The van der Waals surface area contributed by atoms with Crippen molar-refractivity contribution < 1.29 is 23.6 Å². The third-order valence-electron chi connectivity index (χ3n) is 6.28. The number of aromatic nitrogens is 1.